The van der Waals surface area contributed by atoms with E-state index < -0.39 is 0 Å². The first kappa shape index (κ1) is 12.8. The van der Waals surface area contributed by atoms with Gasteiger partial charge in [0.1, 0.15) is 11.7 Å². The molecule has 5 heteroatoms. The van der Waals surface area contributed by atoms with Crippen LogP contribution in [-0.2, 0) is 0 Å². The normalized spacial score (nSPS) is 16.9. The van der Waals surface area contributed by atoms with Gasteiger partial charge in [-0.2, -0.15) is 5.10 Å². The van der Waals surface area contributed by atoms with E-state index in [-0.39, 0.29) is 11.9 Å². The molecule has 3 heterocycles. The number of hydrogen-bond acceptors (Lipinski definition) is 3. The molecule has 1 aliphatic rings. The third-order valence-corrected chi connectivity index (χ3v) is 4.01. The summed E-state index contributed by atoms with van der Waals surface area (Å²) in [5, 5.41) is 7.26. The summed E-state index contributed by atoms with van der Waals surface area (Å²) in [5.74, 6) is -0.0552. The van der Waals surface area contributed by atoms with E-state index in [0.29, 0.717) is 5.69 Å². The molecule has 108 valence electrons. The Bertz CT molecular complexity index is 826. The van der Waals surface area contributed by atoms with Crippen molar-refractivity contribution in [3.63, 3.8) is 0 Å². The van der Waals surface area contributed by atoms with Crippen LogP contribution in [0.5, 0.6) is 0 Å². The first-order chi connectivity index (χ1) is 10.8. The third-order valence-electron chi connectivity index (χ3n) is 4.01. The number of aromatic nitrogens is 3. The first-order valence-electron chi connectivity index (χ1n) is 7.09. The summed E-state index contributed by atoms with van der Waals surface area (Å²) in [6.07, 6.45) is 1.74. The Hall–Kier alpha value is -2.95. The molecule has 1 aliphatic heterocycles. The van der Waals surface area contributed by atoms with Gasteiger partial charge in [-0.1, -0.05) is 36.4 Å². The Morgan fingerprint density at radius 3 is 2.59 bits per heavy atom. The molecule has 1 aromatic carbocycles. The van der Waals surface area contributed by atoms with Crippen molar-refractivity contribution in [2.24, 2.45) is 0 Å². The van der Waals surface area contributed by atoms with Crippen LogP contribution >= 0.6 is 0 Å². The van der Waals surface area contributed by atoms with Crippen LogP contribution < -0.4 is 0 Å². The molecule has 0 unspecified atom stereocenters. The summed E-state index contributed by atoms with van der Waals surface area (Å²) in [6, 6.07) is 15.4. The second-order valence-corrected chi connectivity index (χ2v) is 5.30. The molecule has 1 atom stereocenters. The molecule has 0 saturated heterocycles. The van der Waals surface area contributed by atoms with Crippen LogP contribution in [0.15, 0.2) is 54.7 Å². The topological polar surface area (TPSA) is 61.9 Å². The average Bonchev–Trinajstić information content (AvgIpc) is 3.10. The summed E-state index contributed by atoms with van der Waals surface area (Å²) in [6.45, 7) is 0. The average molecular weight is 290 g/mol. The number of rotatable bonds is 2. The highest BCUT2D eigenvalue weighted by Crippen LogP contribution is 2.40. The molecule has 3 aromatic rings. The van der Waals surface area contributed by atoms with Crippen LogP contribution in [0.2, 0.25) is 0 Å². The third kappa shape index (κ3) is 1.75. The molecule has 0 fully saturated rings. The summed E-state index contributed by atoms with van der Waals surface area (Å²) >= 11 is 0. The predicted octanol–water partition coefficient (Wildman–Crippen LogP) is 2.65. The van der Waals surface area contributed by atoms with Crippen molar-refractivity contribution in [2.75, 3.05) is 7.05 Å². The van der Waals surface area contributed by atoms with Gasteiger partial charge in [-0.25, -0.2) is 0 Å². The van der Waals surface area contributed by atoms with Crippen molar-refractivity contribution in [1.82, 2.24) is 20.1 Å². The lowest BCUT2D eigenvalue weighted by molar-refractivity contribution is 0.0786. The van der Waals surface area contributed by atoms with E-state index in [0.717, 1.165) is 22.5 Å². The molecule has 1 amide bonds. The van der Waals surface area contributed by atoms with Gasteiger partial charge in [0.25, 0.3) is 5.91 Å². The minimum atomic E-state index is -0.211. The van der Waals surface area contributed by atoms with Crippen molar-refractivity contribution in [3.05, 3.63) is 71.7 Å². The van der Waals surface area contributed by atoms with Crippen LogP contribution in [0.1, 0.15) is 27.8 Å². The lowest BCUT2D eigenvalue weighted by Gasteiger charge is -2.20. The van der Waals surface area contributed by atoms with Crippen LogP contribution in [0.3, 0.4) is 0 Å². The Morgan fingerprint density at radius 2 is 1.86 bits per heavy atom. The van der Waals surface area contributed by atoms with Crippen LogP contribution in [-0.4, -0.2) is 33.0 Å². The van der Waals surface area contributed by atoms with E-state index in [2.05, 4.69) is 15.2 Å². The number of H-pyrrole nitrogens is 1. The summed E-state index contributed by atoms with van der Waals surface area (Å²) in [7, 11) is 1.80. The highest BCUT2D eigenvalue weighted by atomic mass is 16.2. The van der Waals surface area contributed by atoms with Crippen molar-refractivity contribution in [1.29, 1.82) is 0 Å². The number of carbonyl (C=O) groups excluding carboxylic acids is 1. The molecule has 0 spiro atoms. The Balaban J connectivity index is 1.92. The Kier molecular flexibility index (Phi) is 2.79. The number of hydrogen-bond donors (Lipinski definition) is 1. The van der Waals surface area contributed by atoms with Crippen LogP contribution in [0.25, 0.3) is 11.3 Å². The zero-order chi connectivity index (χ0) is 15.1. The summed E-state index contributed by atoms with van der Waals surface area (Å²) in [4.78, 5) is 18.6. The Labute approximate surface area is 127 Å². The Morgan fingerprint density at radius 1 is 1.09 bits per heavy atom. The van der Waals surface area contributed by atoms with Gasteiger partial charge in [0.05, 0.1) is 11.4 Å². The van der Waals surface area contributed by atoms with E-state index in [9.17, 15) is 4.79 Å². The number of aromatic amines is 1. The zero-order valence-corrected chi connectivity index (χ0v) is 12.0. The minimum absolute atomic E-state index is 0.0552. The van der Waals surface area contributed by atoms with Crippen LogP contribution in [0, 0.1) is 0 Å². The molecule has 0 aliphatic carbocycles. The molecular weight excluding hydrogens is 276 g/mol. The second-order valence-electron chi connectivity index (χ2n) is 5.30. The quantitative estimate of drug-likeness (QED) is 0.789. The molecule has 0 bridgehead atoms. The van der Waals surface area contributed by atoms with E-state index in [1.165, 1.54) is 0 Å². The fourth-order valence-electron chi connectivity index (χ4n) is 2.97. The van der Waals surface area contributed by atoms with Gasteiger partial charge < -0.3 is 4.90 Å². The fraction of sp³-hybridized carbons (Fsp3) is 0.118. The monoisotopic (exact) mass is 290 g/mol. The van der Waals surface area contributed by atoms with E-state index in [1.54, 1.807) is 18.1 Å². The standard InChI is InChI=1S/C17H14N4O/c1-21-16(12-9-5-6-10-18-12)13-14(11-7-3-2-4-8-11)19-20-15(13)17(21)22/h2-10,16H,1H3,(H,19,20)/t16-/m0/s1. The molecule has 4 rings (SSSR count). The molecule has 0 saturated carbocycles. The van der Waals surface area contributed by atoms with E-state index >= 15 is 0 Å². The van der Waals surface area contributed by atoms with Crippen molar-refractivity contribution in [3.8, 4) is 11.3 Å². The van der Waals surface area contributed by atoms with Crippen molar-refractivity contribution >= 4 is 5.91 Å². The maximum Gasteiger partial charge on any atom is 0.272 e. The lowest BCUT2D eigenvalue weighted by atomic mass is 9.99. The highest BCUT2D eigenvalue weighted by molar-refractivity contribution is 5.99. The van der Waals surface area contributed by atoms with Gasteiger partial charge in [-0.3, -0.25) is 14.9 Å². The number of benzene rings is 1. The van der Waals surface area contributed by atoms with Gasteiger partial charge in [0.15, 0.2) is 0 Å². The molecule has 1 N–H and O–H groups in total. The largest absolute Gasteiger partial charge is 0.327 e. The van der Waals surface area contributed by atoms with E-state index in [4.69, 9.17) is 0 Å². The van der Waals surface area contributed by atoms with Crippen LogP contribution in [0.4, 0.5) is 0 Å². The first-order valence-corrected chi connectivity index (χ1v) is 7.09. The number of pyridine rings is 1. The van der Waals surface area contributed by atoms with Crippen molar-refractivity contribution < 1.29 is 4.79 Å². The van der Waals surface area contributed by atoms with E-state index in [1.807, 2.05) is 48.5 Å². The van der Waals surface area contributed by atoms with Gasteiger partial charge in [-0.15, -0.1) is 0 Å². The predicted molar refractivity (Wildman–Crippen MR) is 82.2 cm³/mol. The maximum atomic E-state index is 12.5. The molecule has 2 aromatic heterocycles. The maximum absolute atomic E-state index is 12.5. The zero-order valence-electron chi connectivity index (χ0n) is 12.0. The van der Waals surface area contributed by atoms with Gasteiger partial charge in [0, 0.05) is 24.4 Å². The molecule has 0 radical (unpaired) electrons. The fourth-order valence-corrected chi connectivity index (χ4v) is 2.97. The summed E-state index contributed by atoms with van der Waals surface area (Å²) in [5.41, 5.74) is 4.10. The number of fused-ring (bicyclic) bond motifs is 1. The van der Waals surface area contributed by atoms with Crippen molar-refractivity contribution in [2.45, 2.75) is 6.04 Å². The molecular formula is C17H14N4O. The smallest absolute Gasteiger partial charge is 0.272 e. The number of nitrogens with one attached hydrogen (secondary N) is 1. The molecule has 22 heavy (non-hydrogen) atoms. The minimum Gasteiger partial charge on any atom is -0.327 e. The highest BCUT2D eigenvalue weighted by Gasteiger charge is 2.40. The van der Waals surface area contributed by atoms with Gasteiger partial charge in [-0.05, 0) is 12.1 Å². The number of nitrogens with zero attached hydrogens (tertiary/aromatic N) is 3. The number of amides is 1. The van der Waals surface area contributed by atoms with Gasteiger partial charge in [0.2, 0.25) is 0 Å². The van der Waals surface area contributed by atoms with Gasteiger partial charge >= 0.3 is 0 Å². The SMILES string of the molecule is CN1C(=O)c2[nH]nc(-c3ccccc3)c2[C@@H]1c1ccccn1. The second kappa shape index (κ2) is 4.80. The number of carbonyl (C=O) groups is 1. The lowest BCUT2D eigenvalue weighted by Crippen LogP contribution is -2.25. The summed E-state index contributed by atoms with van der Waals surface area (Å²) < 4.78 is 0. The molecule has 5 nitrogen and oxygen atoms in total.